The number of nitrogens with one attached hydrogen (secondary N) is 2. The Labute approximate surface area is 147 Å². The minimum absolute atomic E-state index is 0.147. The number of rotatable bonds is 8. The lowest BCUT2D eigenvalue weighted by Gasteiger charge is -2.12. The molecule has 2 N–H and O–H groups in total. The third-order valence-electron chi connectivity index (χ3n) is 3.43. The highest BCUT2D eigenvalue weighted by atomic mass is 16.3. The van der Waals surface area contributed by atoms with Crippen LogP contribution in [-0.2, 0) is 4.79 Å². The van der Waals surface area contributed by atoms with Gasteiger partial charge in [-0.3, -0.25) is 9.59 Å². The van der Waals surface area contributed by atoms with Crippen LogP contribution in [0.3, 0.4) is 0 Å². The molecule has 0 saturated carbocycles. The van der Waals surface area contributed by atoms with Crippen molar-refractivity contribution in [2.75, 3.05) is 27.2 Å². The van der Waals surface area contributed by atoms with Gasteiger partial charge in [-0.15, -0.1) is 0 Å². The highest BCUT2D eigenvalue weighted by molar-refractivity contribution is 6.05. The molecular weight excluding hydrogens is 318 g/mol. The third kappa shape index (κ3) is 6.27. The van der Waals surface area contributed by atoms with Gasteiger partial charge in [-0.2, -0.15) is 0 Å². The van der Waals surface area contributed by atoms with Crippen molar-refractivity contribution in [1.82, 2.24) is 15.5 Å². The molecule has 0 aliphatic rings. The summed E-state index contributed by atoms with van der Waals surface area (Å²) in [6.45, 7) is 1.39. The summed E-state index contributed by atoms with van der Waals surface area (Å²) in [5.41, 5.74) is 0.627. The second-order valence-corrected chi connectivity index (χ2v) is 5.81. The lowest BCUT2D eigenvalue weighted by atomic mass is 10.2. The van der Waals surface area contributed by atoms with E-state index in [1.165, 1.54) is 12.3 Å². The normalized spacial score (nSPS) is 11.4. The summed E-state index contributed by atoms with van der Waals surface area (Å²) in [6, 6.07) is 12.2. The van der Waals surface area contributed by atoms with Crippen LogP contribution < -0.4 is 10.6 Å². The highest BCUT2D eigenvalue weighted by Gasteiger charge is 2.14. The Kier molecular flexibility index (Phi) is 6.98. The van der Waals surface area contributed by atoms with Gasteiger partial charge in [0.15, 0.2) is 0 Å². The fourth-order valence-corrected chi connectivity index (χ4v) is 2.15. The van der Waals surface area contributed by atoms with Crippen LogP contribution in [0.15, 0.2) is 58.8 Å². The maximum absolute atomic E-state index is 12.4. The second kappa shape index (κ2) is 9.44. The zero-order chi connectivity index (χ0) is 18.1. The molecule has 0 atom stereocenters. The first kappa shape index (κ1) is 18.5. The van der Waals surface area contributed by atoms with E-state index >= 15 is 0 Å². The Bertz CT molecular complexity index is 707. The molecule has 0 unspecified atom stereocenters. The molecule has 6 nitrogen and oxygen atoms in total. The minimum Gasteiger partial charge on any atom is -0.465 e. The van der Waals surface area contributed by atoms with E-state index in [-0.39, 0.29) is 17.5 Å². The molecule has 6 heteroatoms. The number of benzene rings is 1. The number of amides is 2. The van der Waals surface area contributed by atoms with Gasteiger partial charge in [0.2, 0.25) is 0 Å². The Hall–Kier alpha value is -2.86. The summed E-state index contributed by atoms with van der Waals surface area (Å²) in [4.78, 5) is 26.8. The molecule has 1 heterocycles. The minimum atomic E-state index is -0.348. The summed E-state index contributed by atoms with van der Waals surface area (Å²) in [6.07, 6.45) is 3.85. The van der Waals surface area contributed by atoms with Crippen molar-refractivity contribution in [3.8, 4) is 0 Å². The average molecular weight is 341 g/mol. The van der Waals surface area contributed by atoms with E-state index < -0.39 is 0 Å². The zero-order valence-corrected chi connectivity index (χ0v) is 14.5. The first-order chi connectivity index (χ1) is 12.1. The SMILES string of the molecule is CN(C)CCCNC(=O)/C(=C\c1ccco1)NC(=O)c1ccccc1. The molecule has 0 radical (unpaired) electrons. The van der Waals surface area contributed by atoms with Gasteiger partial charge in [0, 0.05) is 18.2 Å². The lowest BCUT2D eigenvalue weighted by molar-refractivity contribution is -0.117. The van der Waals surface area contributed by atoms with Crippen LogP contribution in [0, 0.1) is 0 Å². The second-order valence-electron chi connectivity index (χ2n) is 5.81. The number of furan rings is 1. The molecule has 2 rings (SSSR count). The molecule has 0 fully saturated rings. The van der Waals surface area contributed by atoms with Gasteiger partial charge in [-0.05, 0) is 51.3 Å². The van der Waals surface area contributed by atoms with E-state index in [1.807, 2.05) is 25.1 Å². The van der Waals surface area contributed by atoms with Crippen molar-refractivity contribution in [2.45, 2.75) is 6.42 Å². The van der Waals surface area contributed by atoms with Crippen molar-refractivity contribution in [3.05, 3.63) is 65.7 Å². The molecule has 0 spiro atoms. The molecule has 0 aliphatic heterocycles. The Balaban J connectivity index is 2.05. The van der Waals surface area contributed by atoms with Gasteiger partial charge >= 0.3 is 0 Å². The van der Waals surface area contributed by atoms with Gasteiger partial charge in [0.25, 0.3) is 11.8 Å². The first-order valence-corrected chi connectivity index (χ1v) is 8.11. The van der Waals surface area contributed by atoms with E-state index in [0.29, 0.717) is 17.9 Å². The van der Waals surface area contributed by atoms with Crippen molar-refractivity contribution in [2.24, 2.45) is 0 Å². The number of carbonyl (C=O) groups is 2. The molecule has 2 amide bonds. The van der Waals surface area contributed by atoms with Crippen LogP contribution in [-0.4, -0.2) is 43.9 Å². The van der Waals surface area contributed by atoms with Gasteiger partial charge in [-0.25, -0.2) is 0 Å². The molecule has 25 heavy (non-hydrogen) atoms. The summed E-state index contributed by atoms with van der Waals surface area (Å²) in [5.74, 6) is -0.201. The van der Waals surface area contributed by atoms with Crippen LogP contribution in [0.1, 0.15) is 22.5 Å². The van der Waals surface area contributed by atoms with E-state index in [1.54, 1.807) is 36.4 Å². The molecular formula is C19H23N3O3. The monoisotopic (exact) mass is 341 g/mol. The average Bonchev–Trinajstić information content (AvgIpc) is 3.11. The van der Waals surface area contributed by atoms with Gasteiger partial charge in [0.05, 0.1) is 6.26 Å². The maximum atomic E-state index is 12.4. The van der Waals surface area contributed by atoms with E-state index in [2.05, 4.69) is 10.6 Å². The van der Waals surface area contributed by atoms with Crippen molar-refractivity contribution in [3.63, 3.8) is 0 Å². The van der Waals surface area contributed by atoms with Crippen molar-refractivity contribution < 1.29 is 14.0 Å². The molecule has 132 valence electrons. The van der Waals surface area contributed by atoms with Crippen LogP contribution in [0.25, 0.3) is 6.08 Å². The molecule has 2 aromatic rings. The Morgan fingerprint density at radius 3 is 2.52 bits per heavy atom. The Morgan fingerprint density at radius 1 is 1.12 bits per heavy atom. The van der Waals surface area contributed by atoms with Crippen molar-refractivity contribution in [1.29, 1.82) is 0 Å². The maximum Gasteiger partial charge on any atom is 0.267 e. The van der Waals surface area contributed by atoms with Gasteiger partial charge in [-0.1, -0.05) is 18.2 Å². The predicted molar refractivity (Wildman–Crippen MR) is 96.8 cm³/mol. The standard InChI is InChI=1S/C19H23N3O3/c1-22(2)12-7-11-20-19(24)17(14-16-10-6-13-25-16)21-18(23)15-8-4-3-5-9-15/h3-6,8-10,13-14H,7,11-12H2,1-2H3,(H,20,24)(H,21,23)/b17-14+. The largest absolute Gasteiger partial charge is 0.465 e. The zero-order valence-electron chi connectivity index (χ0n) is 14.5. The van der Waals surface area contributed by atoms with Gasteiger partial charge < -0.3 is 20.0 Å². The molecule has 0 saturated heterocycles. The van der Waals surface area contributed by atoms with Crippen molar-refractivity contribution >= 4 is 17.9 Å². The van der Waals surface area contributed by atoms with E-state index in [9.17, 15) is 9.59 Å². The predicted octanol–water partition coefficient (Wildman–Crippen LogP) is 2.12. The number of hydrogen-bond donors (Lipinski definition) is 2. The van der Waals surface area contributed by atoms with E-state index in [0.717, 1.165) is 13.0 Å². The topological polar surface area (TPSA) is 74.6 Å². The molecule has 0 bridgehead atoms. The van der Waals surface area contributed by atoms with Crippen LogP contribution >= 0.6 is 0 Å². The highest BCUT2D eigenvalue weighted by Crippen LogP contribution is 2.08. The summed E-state index contributed by atoms with van der Waals surface area (Å²) in [5, 5.41) is 5.48. The fraction of sp³-hybridized carbons (Fsp3) is 0.263. The van der Waals surface area contributed by atoms with E-state index in [4.69, 9.17) is 4.42 Å². The lowest BCUT2D eigenvalue weighted by Crippen LogP contribution is -2.36. The summed E-state index contributed by atoms with van der Waals surface area (Å²) >= 11 is 0. The molecule has 0 aliphatic carbocycles. The van der Waals surface area contributed by atoms with Crippen LogP contribution in [0.2, 0.25) is 0 Å². The number of hydrogen-bond acceptors (Lipinski definition) is 4. The summed E-state index contributed by atoms with van der Waals surface area (Å²) < 4.78 is 5.24. The van der Waals surface area contributed by atoms with Crippen LogP contribution in [0.5, 0.6) is 0 Å². The molecule has 1 aromatic heterocycles. The first-order valence-electron chi connectivity index (χ1n) is 8.11. The molecule has 1 aromatic carbocycles. The van der Waals surface area contributed by atoms with Gasteiger partial charge in [0.1, 0.15) is 11.5 Å². The third-order valence-corrected chi connectivity index (χ3v) is 3.43. The fourth-order valence-electron chi connectivity index (χ4n) is 2.15. The van der Waals surface area contributed by atoms with Crippen LogP contribution in [0.4, 0.5) is 0 Å². The number of nitrogens with zero attached hydrogens (tertiary/aromatic N) is 1. The smallest absolute Gasteiger partial charge is 0.267 e. The Morgan fingerprint density at radius 2 is 1.88 bits per heavy atom. The quantitative estimate of drug-likeness (QED) is 0.570. The summed E-state index contributed by atoms with van der Waals surface area (Å²) in [7, 11) is 3.95. The number of carbonyl (C=O) groups excluding carboxylic acids is 2.